The predicted octanol–water partition coefficient (Wildman–Crippen LogP) is -0.721. The first kappa shape index (κ1) is 5.61. The average molecular weight is 127 g/mol. The summed E-state index contributed by atoms with van der Waals surface area (Å²) in [6.45, 7) is 0. The van der Waals surface area contributed by atoms with E-state index in [2.05, 4.69) is 9.68 Å². The zero-order valence-electron chi connectivity index (χ0n) is 4.29. The maximum absolute atomic E-state index is 10.2. The fourth-order valence-electron chi connectivity index (χ4n) is 0.363. The molecule has 0 saturated heterocycles. The second kappa shape index (κ2) is 1.77. The fourth-order valence-corrected chi connectivity index (χ4v) is 0.363. The summed E-state index contributed by atoms with van der Waals surface area (Å²) in [7, 11) is 0. The van der Waals surface area contributed by atoms with Crippen molar-refractivity contribution in [2.45, 2.75) is 0 Å². The van der Waals surface area contributed by atoms with E-state index in [4.69, 9.17) is 10.8 Å². The molecule has 9 heavy (non-hydrogen) atoms. The third-order valence-electron chi connectivity index (χ3n) is 0.750. The molecule has 5 nitrogen and oxygen atoms in total. The Labute approximate surface area is 50.1 Å². The highest BCUT2D eigenvalue weighted by Crippen LogP contribution is 2.10. The van der Waals surface area contributed by atoms with Crippen LogP contribution >= 0.6 is 0 Å². The number of aromatic nitrogens is 1. The highest BCUT2D eigenvalue weighted by molar-refractivity contribution is 5.94. The van der Waals surface area contributed by atoms with Gasteiger partial charge in [0.25, 0.3) is 11.8 Å². The van der Waals surface area contributed by atoms with E-state index >= 15 is 0 Å². The maximum Gasteiger partial charge on any atom is 0.265 e. The minimum Gasteiger partial charge on any atom is -0.491 e. The standard InChI is InChI=1S/C4H3N2O3/c5-3(7)2-1-9-6-4(2)8/h(H2,5,7)(H,6,8). The molecule has 1 amide bonds. The van der Waals surface area contributed by atoms with Crippen LogP contribution in [-0.2, 0) is 0 Å². The van der Waals surface area contributed by atoms with Crippen molar-refractivity contribution in [2.24, 2.45) is 5.73 Å². The van der Waals surface area contributed by atoms with Crippen molar-refractivity contribution in [3.05, 3.63) is 11.8 Å². The summed E-state index contributed by atoms with van der Waals surface area (Å²) in [5.74, 6) is -1.34. The Balaban J connectivity index is 3.08. The molecule has 1 heterocycles. The van der Waals surface area contributed by atoms with Crippen molar-refractivity contribution < 1.29 is 14.4 Å². The minimum atomic E-state index is -0.811. The van der Waals surface area contributed by atoms with E-state index < -0.39 is 11.8 Å². The van der Waals surface area contributed by atoms with Gasteiger partial charge in [-0.15, -0.1) is 0 Å². The Morgan fingerprint density at radius 2 is 2.56 bits per heavy atom. The average Bonchev–Trinajstić information content (AvgIpc) is 2.13. The van der Waals surface area contributed by atoms with Crippen LogP contribution in [0.3, 0.4) is 0 Å². The Morgan fingerprint density at radius 1 is 1.89 bits per heavy atom. The van der Waals surface area contributed by atoms with Crippen LogP contribution in [0.15, 0.2) is 4.52 Å². The molecule has 0 saturated carbocycles. The van der Waals surface area contributed by atoms with Gasteiger partial charge in [0.05, 0.1) is 0 Å². The number of amides is 1. The molecule has 0 aromatic carbocycles. The van der Waals surface area contributed by atoms with Gasteiger partial charge in [-0.1, -0.05) is 0 Å². The SMILES string of the molecule is NC(=O)c1[c]onc1O. The first-order valence-electron chi connectivity index (χ1n) is 2.08. The van der Waals surface area contributed by atoms with Gasteiger partial charge in [-0.05, 0) is 5.16 Å². The van der Waals surface area contributed by atoms with Crippen molar-refractivity contribution in [1.82, 2.24) is 5.16 Å². The van der Waals surface area contributed by atoms with Gasteiger partial charge in [-0.25, -0.2) is 0 Å². The van der Waals surface area contributed by atoms with Gasteiger partial charge in [0, 0.05) is 0 Å². The van der Waals surface area contributed by atoms with E-state index in [1.807, 2.05) is 6.26 Å². The van der Waals surface area contributed by atoms with E-state index in [1.54, 1.807) is 0 Å². The second-order valence-corrected chi connectivity index (χ2v) is 1.35. The van der Waals surface area contributed by atoms with Crippen molar-refractivity contribution in [3.63, 3.8) is 0 Å². The summed E-state index contributed by atoms with van der Waals surface area (Å²) in [4.78, 5) is 10.2. The normalized spacial score (nSPS) is 9.33. The first-order valence-corrected chi connectivity index (χ1v) is 2.08. The first-order chi connectivity index (χ1) is 4.22. The Bertz CT molecular complexity index is 229. The van der Waals surface area contributed by atoms with Crippen LogP contribution < -0.4 is 5.73 Å². The fraction of sp³-hybridized carbons (Fsp3) is 0. The van der Waals surface area contributed by atoms with Gasteiger partial charge >= 0.3 is 0 Å². The third kappa shape index (κ3) is 0.835. The summed E-state index contributed by atoms with van der Waals surface area (Å²) < 4.78 is 4.08. The van der Waals surface area contributed by atoms with Crippen LogP contribution in [0.5, 0.6) is 5.88 Å². The van der Waals surface area contributed by atoms with E-state index in [9.17, 15) is 4.79 Å². The molecule has 0 fully saturated rings. The molecule has 1 aromatic heterocycles. The van der Waals surface area contributed by atoms with Gasteiger partial charge in [-0.2, -0.15) is 0 Å². The van der Waals surface area contributed by atoms with Crippen molar-refractivity contribution >= 4 is 5.91 Å². The van der Waals surface area contributed by atoms with Crippen LogP contribution in [-0.4, -0.2) is 16.2 Å². The van der Waals surface area contributed by atoms with Crippen LogP contribution in [0, 0.1) is 6.26 Å². The molecule has 1 radical (unpaired) electrons. The molecule has 3 N–H and O–H groups in total. The molecule has 5 heteroatoms. The second-order valence-electron chi connectivity index (χ2n) is 1.35. The van der Waals surface area contributed by atoms with Crippen LogP contribution in [0.2, 0.25) is 0 Å². The summed E-state index contributed by atoms with van der Waals surface area (Å²) in [6, 6.07) is 0. The lowest BCUT2D eigenvalue weighted by atomic mass is 10.3. The number of hydrogen-bond donors (Lipinski definition) is 2. The van der Waals surface area contributed by atoms with Crippen LogP contribution in [0.25, 0.3) is 0 Å². The Kier molecular flexibility index (Phi) is 1.11. The van der Waals surface area contributed by atoms with Crippen molar-refractivity contribution in [3.8, 4) is 5.88 Å². The highest BCUT2D eigenvalue weighted by atomic mass is 16.5. The zero-order valence-corrected chi connectivity index (χ0v) is 4.29. The number of rotatable bonds is 1. The largest absolute Gasteiger partial charge is 0.491 e. The van der Waals surface area contributed by atoms with Gasteiger partial charge < -0.3 is 15.4 Å². The Hall–Kier alpha value is -1.52. The van der Waals surface area contributed by atoms with E-state index in [-0.39, 0.29) is 5.56 Å². The number of hydrogen-bond acceptors (Lipinski definition) is 4. The van der Waals surface area contributed by atoms with Crippen LogP contribution in [0.4, 0.5) is 0 Å². The predicted molar refractivity (Wildman–Crippen MR) is 25.5 cm³/mol. The van der Waals surface area contributed by atoms with E-state index in [0.717, 1.165) is 0 Å². The number of nitrogens with zero attached hydrogens (tertiary/aromatic N) is 1. The van der Waals surface area contributed by atoms with Crippen molar-refractivity contribution in [2.75, 3.05) is 0 Å². The quantitative estimate of drug-likeness (QED) is 0.520. The summed E-state index contributed by atoms with van der Waals surface area (Å²) in [6.07, 6.45) is 1.99. The van der Waals surface area contributed by atoms with Gasteiger partial charge in [0.15, 0.2) is 5.56 Å². The third-order valence-corrected chi connectivity index (χ3v) is 0.750. The van der Waals surface area contributed by atoms with Gasteiger partial charge in [-0.3, -0.25) is 4.79 Å². The smallest absolute Gasteiger partial charge is 0.265 e. The van der Waals surface area contributed by atoms with Gasteiger partial charge in [0.1, 0.15) is 0 Å². The molecule has 0 aliphatic carbocycles. The molecule has 0 spiro atoms. The molecule has 0 unspecified atom stereocenters. The molecule has 1 rings (SSSR count). The summed E-state index contributed by atoms with van der Waals surface area (Å²) in [5, 5.41) is 11.5. The highest BCUT2D eigenvalue weighted by Gasteiger charge is 2.11. The maximum atomic E-state index is 10.2. The lowest BCUT2D eigenvalue weighted by Gasteiger charge is -1.81. The summed E-state index contributed by atoms with van der Waals surface area (Å²) >= 11 is 0. The Morgan fingerprint density at radius 3 is 2.78 bits per heavy atom. The molecule has 0 atom stereocenters. The molecule has 0 bridgehead atoms. The zero-order chi connectivity index (χ0) is 6.85. The molecular formula is C4H3N2O3. The number of nitrogens with two attached hydrogens (primary N) is 1. The van der Waals surface area contributed by atoms with Crippen LogP contribution in [0.1, 0.15) is 10.4 Å². The number of carbonyl (C=O) groups excluding carboxylic acids is 1. The monoisotopic (exact) mass is 127 g/mol. The molecule has 1 aromatic rings. The number of carbonyl (C=O) groups is 1. The molecular weight excluding hydrogens is 124 g/mol. The molecule has 47 valence electrons. The van der Waals surface area contributed by atoms with E-state index in [0.29, 0.717) is 0 Å². The lowest BCUT2D eigenvalue weighted by Crippen LogP contribution is -2.09. The molecule has 0 aliphatic rings. The number of aromatic hydroxyl groups is 1. The molecule has 0 aliphatic heterocycles. The van der Waals surface area contributed by atoms with Gasteiger partial charge in [0.2, 0.25) is 6.26 Å². The summed E-state index contributed by atoms with van der Waals surface area (Å²) in [5.41, 5.74) is 4.50. The minimum absolute atomic E-state index is 0.227. The van der Waals surface area contributed by atoms with Crippen molar-refractivity contribution in [1.29, 1.82) is 0 Å². The topological polar surface area (TPSA) is 89.4 Å². The van der Waals surface area contributed by atoms with E-state index in [1.165, 1.54) is 0 Å². The number of primary amides is 1. The lowest BCUT2D eigenvalue weighted by molar-refractivity contribution is 0.0997.